The van der Waals surface area contributed by atoms with E-state index in [1.165, 1.54) is 11.0 Å². The molecule has 0 bridgehead atoms. The number of rotatable bonds is 4. The van der Waals surface area contributed by atoms with Gasteiger partial charge in [-0.3, -0.25) is 4.79 Å². The minimum Gasteiger partial charge on any atom is -0.345 e. The number of aromatic nitrogens is 6. The van der Waals surface area contributed by atoms with Gasteiger partial charge >= 0.3 is 0 Å². The predicted molar refractivity (Wildman–Crippen MR) is 91.0 cm³/mol. The molecule has 0 unspecified atom stereocenters. The van der Waals surface area contributed by atoms with E-state index in [4.69, 9.17) is 0 Å². The first-order valence-corrected chi connectivity index (χ1v) is 7.74. The van der Waals surface area contributed by atoms with Crippen LogP contribution in [0.2, 0.25) is 0 Å². The monoisotopic (exact) mass is 333 g/mol. The van der Waals surface area contributed by atoms with Gasteiger partial charge in [-0.15, -0.1) is 5.10 Å². The maximum atomic E-state index is 12.3. The molecule has 4 aromatic rings. The highest BCUT2D eigenvalue weighted by Crippen LogP contribution is 2.14. The van der Waals surface area contributed by atoms with Crippen molar-refractivity contribution in [3.8, 4) is 5.69 Å². The summed E-state index contributed by atoms with van der Waals surface area (Å²) in [7, 11) is 1.94. The van der Waals surface area contributed by atoms with Gasteiger partial charge < -0.3 is 9.88 Å². The Labute approximate surface area is 143 Å². The van der Waals surface area contributed by atoms with Crippen LogP contribution in [-0.2, 0) is 13.6 Å². The van der Waals surface area contributed by atoms with E-state index in [1.807, 2.05) is 35.9 Å². The van der Waals surface area contributed by atoms with E-state index in [9.17, 15) is 4.79 Å². The summed E-state index contributed by atoms with van der Waals surface area (Å²) >= 11 is 0. The van der Waals surface area contributed by atoms with Crippen molar-refractivity contribution in [3.63, 3.8) is 0 Å². The third kappa shape index (κ3) is 2.85. The quantitative estimate of drug-likeness (QED) is 0.611. The van der Waals surface area contributed by atoms with E-state index in [0.717, 1.165) is 22.5 Å². The van der Waals surface area contributed by atoms with E-state index >= 15 is 0 Å². The van der Waals surface area contributed by atoms with Crippen molar-refractivity contribution >= 4 is 16.9 Å². The van der Waals surface area contributed by atoms with Gasteiger partial charge in [0, 0.05) is 12.6 Å². The van der Waals surface area contributed by atoms with Crippen molar-refractivity contribution < 1.29 is 4.79 Å². The number of fused-ring (bicyclic) bond motifs is 1. The Morgan fingerprint density at radius 1 is 1.12 bits per heavy atom. The summed E-state index contributed by atoms with van der Waals surface area (Å²) in [5.74, 6) is 0.648. The largest absolute Gasteiger partial charge is 0.345 e. The van der Waals surface area contributed by atoms with Crippen LogP contribution in [-0.4, -0.2) is 35.7 Å². The number of aryl methyl sites for hydroxylation is 1. The maximum Gasteiger partial charge on any atom is 0.251 e. The maximum absolute atomic E-state index is 12.3. The van der Waals surface area contributed by atoms with Crippen LogP contribution in [0.15, 0.2) is 54.9 Å². The second kappa shape index (κ2) is 6.16. The number of amides is 1. The second-order valence-corrected chi connectivity index (χ2v) is 5.56. The fourth-order valence-corrected chi connectivity index (χ4v) is 2.66. The Bertz CT molecular complexity index is 1020. The number of nitrogens with one attached hydrogen (secondary N) is 1. The van der Waals surface area contributed by atoms with Gasteiger partial charge in [0.05, 0.1) is 23.3 Å². The number of hydrogen-bond donors (Lipinski definition) is 1. The lowest BCUT2D eigenvalue weighted by Gasteiger charge is -2.06. The SMILES string of the molecule is Cn1c(CNC(=O)c2ccc(-n3cnnn3)cc2)nc2ccccc21. The van der Waals surface area contributed by atoms with Gasteiger partial charge in [0.2, 0.25) is 0 Å². The molecule has 8 nitrogen and oxygen atoms in total. The molecule has 0 spiro atoms. The van der Waals surface area contributed by atoms with Crippen LogP contribution in [0, 0.1) is 0 Å². The number of hydrogen-bond acceptors (Lipinski definition) is 5. The number of tetrazole rings is 1. The van der Waals surface area contributed by atoms with Crippen molar-refractivity contribution in [3.05, 3.63) is 66.2 Å². The van der Waals surface area contributed by atoms with Crippen molar-refractivity contribution in [2.45, 2.75) is 6.54 Å². The highest BCUT2D eigenvalue weighted by Gasteiger charge is 2.10. The number of carbonyl (C=O) groups excluding carboxylic acids is 1. The fourth-order valence-electron chi connectivity index (χ4n) is 2.66. The third-order valence-corrected chi connectivity index (χ3v) is 4.03. The molecular formula is C17H15N7O. The molecule has 0 aliphatic heterocycles. The summed E-state index contributed by atoms with van der Waals surface area (Å²) in [6.07, 6.45) is 1.50. The smallest absolute Gasteiger partial charge is 0.251 e. The fraction of sp³-hybridized carbons (Fsp3) is 0.118. The molecule has 4 rings (SSSR count). The van der Waals surface area contributed by atoms with Crippen molar-refractivity contribution in [2.75, 3.05) is 0 Å². The molecule has 0 saturated heterocycles. The molecule has 0 aliphatic rings. The predicted octanol–water partition coefficient (Wildman–Crippen LogP) is 1.48. The number of imidazole rings is 1. The van der Waals surface area contributed by atoms with E-state index in [-0.39, 0.29) is 5.91 Å². The summed E-state index contributed by atoms with van der Waals surface area (Å²) < 4.78 is 3.51. The zero-order valence-electron chi connectivity index (χ0n) is 13.5. The molecule has 0 atom stereocenters. The second-order valence-electron chi connectivity index (χ2n) is 5.56. The number of para-hydroxylation sites is 2. The van der Waals surface area contributed by atoms with Gasteiger partial charge in [-0.2, -0.15) is 0 Å². The summed E-state index contributed by atoms with van der Waals surface area (Å²) in [6.45, 7) is 0.360. The Morgan fingerprint density at radius 3 is 2.64 bits per heavy atom. The molecule has 1 N–H and O–H groups in total. The van der Waals surface area contributed by atoms with E-state index in [2.05, 4.69) is 25.8 Å². The Balaban J connectivity index is 1.47. The molecule has 8 heteroatoms. The lowest BCUT2D eigenvalue weighted by Crippen LogP contribution is -2.24. The topological polar surface area (TPSA) is 90.5 Å². The van der Waals surface area contributed by atoms with Crippen molar-refractivity contribution in [2.24, 2.45) is 7.05 Å². The first-order chi connectivity index (χ1) is 12.2. The van der Waals surface area contributed by atoms with E-state index in [1.54, 1.807) is 24.3 Å². The molecule has 124 valence electrons. The van der Waals surface area contributed by atoms with Crippen LogP contribution in [0.25, 0.3) is 16.7 Å². The molecule has 0 radical (unpaired) electrons. The van der Waals surface area contributed by atoms with Gasteiger partial charge in [0.15, 0.2) is 0 Å². The number of nitrogens with zero attached hydrogens (tertiary/aromatic N) is 6. The van der Waals surface area contributed by atoms with Crippen molar-refractivity contribution in [1.82, 2.24) is 35.1 Å². The van der Waals surface area contributed by atoms with Gasteiger partial charge in [-0.25, -0.2) is 9.67 Å². The molecule has 2 aromatic carbocycles. The Morgan fingerprint density at radius 2 is 1.92 bits per heavy atom. The average molecular weight is 333 g/mol. The summed E-state index contributed by atoms with van der Waals surface area (Å²) in [4.78, 5) is 16.9. The normalized spacial score (nSPS) is 10.9. The zero-order valence-corrected chi connectivity index (χ0v) is 13.5. The van der Waals surface area contributed by atoms with E-state index < -0.39 is 0 Å². The molecule has 0 saturated carbocycles. The molecule has 0 fully saturated rings. The highest BCUT2D eigenvalue weighted by molar-refractivity contribution is 5.94. The van der Waals surface area contributed by atoms with Crippen LogP contribution < -0.4 is 5.32 Å². The van der Waals surface area contributed by atoms with Crippen LogP contribution in [0.3, 0.4) is 0 Å². The Hall–Kier alpha value is -3.55. The summed E-state index contributed by atoms with van der Waals surface area (Å²) in [5, 5.41) is 13.9. The summed E-state index contributed by atoms with van der Waals surface area (Å²) in [5.41, 5.74) is 3.31. The van der Waals surface area contributed by atoms with Gasteiger partial charge in [-0.05, 0) is 46.8 Å². The number of carbonyl (C=O) groups is 1. The third-order valence-electron chi connectivity index (χ3n) is 4.03. The zero-order chi connectivity index (χ0) is 17.2. The molecule has 2 aromatic heterocycles. The van der Waals surface area contributed by atoms with Gasteiger partial charge in [-0.1, -0.05) is 12.1 Å². The highest BCUT2D eigenvalue weighted by atomic mass is 16.1. The van der Waals surface area contributed by atoms with Crippen LogP contribution in [0.4, 0.5) is 0 Å². The first-order valence-electron chi connectivity index (χ1n) is 7.74. The van der Waals surface area contributed by atoms with Gasteiger partial charge in [0.25, 0.3) is 5.91 Å². The van der Waals surface area contributed by atoms with Crippen LogP contribution in [0.1, 0.15) is 16.2 Å². The molecule has 0 aliphatic carbocycles. The van der Waals surface area contributed by atoms with Crippen LogP contribution >= 0.6 is 0 Å². The van der Waals surface area contributed by atoms with Crippen LogP contribution in [0.5, 0.6) is 0 Å². The molecule has 1 amide bonds. The lowest BCUT2D eigenvalue weighted by molar-refractivity contribution is 0.0949. The first kappa shape index (κ1) is 15.0. The molecule has 25 heavy (non-hydrogen) atoms. The minimum atomic E-state index is -0.157. The van der Waals surface area contributed by atoms with Crippen molar-refractivity contribution in [1.29, 1.82) is 0 Å². The average Bonchev–Trinajstić information content (AvgIpc) is 3.29. The summed E-state index contributed by atoms with van der Waals surface area (Å²) in [6, 6.07) is 14.9. The Kier molecular flexibility index (Phi) is 3.70. The van der Waals surface area contributed by atoms with E-state index in [0.29, 0.717) is 12.1 Å². The molecular weight excluding hydrogens is 318 g/mol. The number of benzene rings is 2. The standard InChI is InChI=1S/C17H15N7O/c1-23-15-5-3-2-4-14(15)20-16(23)10-18-17(25)12-6-8-13(9-7-12)24-11-19-21-22-24/h2-9,11H,10H2,1H3,(H,18,25). The van der Waals surface area contributed by atoms with Gasteiger partial charge in [0.1, 0.15) is 12.2 Å². The minimum absolute atomic E-state index is 0.157. The lowest BCUT2D eigenvalue weighted by atomic mass is 10.2. The molecule has 2 heterocycles.